The van der Waals surface area contributed by atoms with E-state index in [4.69, 9.17) is 19.2 Å². The number of aliphatic imine (C=N–C) groups is 1. The van der Waals surface area contributed by atoms with Gasteiger partial charge in [0.2, 0.25) is 0 Å². The van der Waals surface area contributed by atoms with Crippen molar-refractivity contribution in [3.8, 4) is 5.75 Å². The lowest BCUT2D eigenvalue weighted by Gasteiger charge is -2.25. The molecule has 4 atom stereocenters. The van der Waals surface area contributed by atoms with E-state index in [9.17, 15) is 4.79 Å². The molecular weight excluding hydrogens is 486 g/mol. The number of ether oxygens (including phenoxy) is 3. The first-order valence-electron chi connectivity index (χ1n) is 14.2. The maximum atomic E-state index is 12.7. The van der Waals surface area contributed by atoms with Crippen molar-refractivity contribution in [1.82, 2.24) is 0 Å². The molecule has 3 rings (SSSR count). The quantitative estimate of drug-likeness (QED) is 0.139. The molecular formula is C34H51NO4. The number of aryl methyl sites for hydroxylation is 1. The predicted molar refractivity (Wildman–Crippen MR) is 162 cm³/mol. The average molecular weight is 538 g/mol. The molecule has 1 heterocycles. The van der Waals surface area contributed by atoms with Gasteiger partial charge in [0.25, 0.3) is 0 Å². The molecule has 0 aliphatic carbocycles. The number of benzene rings is 2. The van der Waals surface area contributed by atoms with Crippen LogP contribution in [0.3, 0.4) is 0 Å². The summed E-state index contributed by atoms with van der Waals surface area (Å²) in [4.78, 5) is 17.9. The van der Waals surface area contributed by atoms with Crippen molar-refractivity contribution >= 4 is 11.7 Å². The lowest BCUT2D eigenvalue weighted by atomic mass is 9.82. The molecule has 0 amide bonds. The first-order chi connectivity index (χ1) is 18.2. The monoisotopic (exact) mass is 537 g/mol. The number of carbonyl (C=O) groups is 1. The number of methoxy groups -OCH3 is 1. The van der Waals surface area contributed by atoms with Gasteiger partial charge in [-0.05, 0) is 67.2 Å². The van der Waals surface area contributed by atoms with E-state index in [0.29, 0.717) is 31.5 Å². The highest BCUT2D eigenvalue weighted by molar-refractivity contribution is 5.93. The second-order valence-corrected chi connectivity index (χ2v) is 11.4. The van der Waals surface area contributed by atoms with E-state index in [0.717, 1.165) is 36.3 Å². The van der Waals surface area contributed by atoms with Gasteiger partial charge in [0.15, 0.2) is 0 Å². The Bertz CT molecular complexity index is 1050. The lowest BCUT2D eigenvalue weighted by molar-refractivity contribution is -0.143. The highest BCUT2D eigenvalue weighted by Gasteiger charge is 2.39. The van der Waals surface area contributed by atoms with E-state index in [-0.39, 0.29) is 37.4 Å². The zero-order chi connectivity index (χ0) is 27.7. The Kier molecular flexibility index (Phi) is 13.2. The van der Waals surface area contributed by atoms with E-state index >= 15 is 0 Å². The van der Waals surface area contributed by atoms with Gasteiger partial charge >= 0.3 is 5.97 Å². The van der Waals surface area contributed by atoms with Crippen LogP contribution in [0.5, 0.6) is 5.75 Å². The number of nitrogens with zero attached hydrogens (tertiary/aromatic N) is 1. The van der Waals surface area contributed by atoms with E-state index in [1.54, 1.807) is 7.11 Å². The fraction of sp³-hybridized carbons (Fsp3) is 0.588. The molecule has 0 spiro atoms. The van der Waals surface area contributed by atoms with E-state index in [1.807, 2.05) is 6.07 Å². The normalized spacial score (nSPS) is 19.1. The van der Waals surface area contributed by atoms with Gasteiger partial charge in [-0.3, -0.25) is 9.79 Å². The van der Waals surface area contributed by atoms with Crippen molar-refractivity contribution in [3.63, 3.8) is 0 Å². The van der Waals surface area contributed by atoms with Gasteiger partial charge in [0.05, 0.1) is 24.3 Å². The summed E-state index contributed by atoms with van der Waals surface area (Å²) in [6.45, 7) is 14.3. The smallest absolute Gasteiger partial charge is 0.310 e. The standard InChI is InChI=1S/C33H47NO4.CH4/c1-22(2)28(18-26-15-14-24(5)31(19-26)37-17-11-16-36-7)20-30(32-21-29(23(3)4)33(35)38-32)34-25(6)27-12-9-8-10-13-27;/h8-10,12-15,19,22-23,25,28-29,32H,11,16-18,20-21H2,1-7H3;1H4/t25-,28-,29-,32?;/m0./s1. The third kappa shape index (κ3) is 9.49. The predicted octanol–water partition coefficient (Wildman–Crippen LogP) is 8.04. The van der Waals surface area contributed by atoms with Crippen molar-refractivity contribution in [2.75, 3.05) is 20.3 Å². The average Bonchev–Trinajstić information content (AvgIpc) is 3.29. The Morgan fingerprint density at radius 2 is 1.77 bits per heavy atom. The van der Waals surface area contributed by atoms with Crippen LogP contribution in [0.4, 0.5) is 0 Å². The van der Waals surface area contributed by atoms with E-state index in [1.165, 1.54) is 11.1 Å². The van der Waals surface area contributed by atoms with Crippen LogP contribution < -0.4 is 4.74 Å². The van der Waals surface area contributed by atoms with Crippen molar-refractivity contribution in [3.05, 3.63) is 65.2 Å². The molecule has 1 aliphatic heterocycles. The Morgan fingerprint density at radius 1 is 1.05 bits per heavy atom. The topological polar surface area (TPSA) is 57.1 Å². The summed E-state index contributed by atoms with van der Waals surface area (Å²) < 4.78 is 17.2. The first-order valence-corrected chi connectivity index (χ1v) is 14.2. The SMILES string of the molecule is C.COCCCOc1cc(C[C@@H](CC(=N[C@@H](C)c2ccccc2)C2C[C@@H](C(C)C)C(=O)O2)C(C)C)ccc1C. The minimum Gasteiger partial charge on any atom is -0.493 e. The molecule has 1 aliphatic rings. The second kappa shape index (κ2) is 15.8. The Balaban J connectivity index is 0.00000533. The third-order valence-corrected chi connectivity index (χ3v) is 7.76. The maximum absolute atomic E-state index is 12.7. The summed E-state index contributed by atoms with van der Waals surface area (Å²) in [5, 5.41) is 0. The van der Waals surface area contributed by atoms with Crippen LogP contribution in [0.25, 0.3) is 0 Å². The van der Waals surface area contributed by atoms with Gasteiger partial charge in [-0.25, -0.2) is 0 Å². The van der Waals surface area contributed by atoms with Crippen molar-refractivity contribution < 1.29 is 19.0 Å². The van der Waals surface area contributed by atoms with Crippen LogP contribution in [-0.2, 0) is 20.7 Å². The largest absolute Gasteiger partial charge is 0.493 e. The van der Waals surface area contributed by atoms with Gasteiger partial charge in [0, 0.05) is 26.6 Å². The van der Waals surface area contributed by atoms with Gasteiger partial charge < -0.3 is 14.2 Å². The van der Waals surface area contributed by atoms with Gasteiger partial charge in [-0.2, -0.15) is 0 Å². The summed E-state index contributed by atoms with van der Waals surface area (Å²) in [6.07, 6.45) is 3.05. The Hall–Kier alpha value is -2.66. The number of rotatable bonds is 14. The zero-order valence-corrected chi connectivity index (χ0v) is 24.4. The molecule has 5 nitrogen and oxygen atoms in total. The zero-order valence-electron chi connectivity index (χ0n) is 24.4. The number of esters is 1. The second-order valence-electron chi connectivity index (χ2n) is 11.4. The van der Waals surface area contributed by atoms with Crippen LogP contribution in [-0.4, -0.2) is 38.1 Å². The number of cyclic esters (lactones) is 1. The first kappa shape index (κ1) is 32.6. The van der Waals surface area contributed by atoms with Crippen LogP contribution in [0.2, 0.25) is 0 Å². The summed E-state index contributed by atoms with van der Waals surface area (Å²) in [5.41, 5.74) is 4.59. The van der Waals surface area contributed by atoms with E-state index in [2.05, 4.69) is 84.0 Å². The molecule has 39 heavy (non-hydrogen) atoms. The van der Waals surface area contributed by atoms with Crippen molar-refractivity contribution in [2.45, 2.75) is 86.8 Å². The minimum atomic E-state index is -0.250. The Morgan fingerprint density at radius 3 is 2.38 bits per heavy atom. The maximum Gasteiger partial charge on any atom is 0.310 e. The van der Waals surface area contributed by atoms with Crippen LogP contribution in [0.1, 0.15) is 84.0 Å². The van der Waals surface area contributed by atoms with Crippen LogP contribution in [0, 0.1) is 30.6 Å². The van der Waals surface area contributed by atoms with Gasteiger partial charge in [-0.15, -0.1) is 0 Å². The van der Waals surface area contributed by atoms with Crippen molar-refractivity contribution in [2.24, 2.45) is 28.7 Å². The molecule has 216 valence electrons. The number of carbonyl (C=O) groups excluding carboxylic acids is 1. The summed E-state index contributed by atoms with van der Waals surface area (Å²) in [7, 11) is 1.71. The minimum absolute atomic E-state index is 0. The van der Waals surface area contributed by atoms with E-state index < -0.39 is 0 Å². The molecule has 5 heteroatoms. The van der Waals surface area contributed by atoms with Crippen molar-refractivity contribution in [1.29, 1.82) is 0 Å². The molecule has 2 aromatic carbocycles. The molecule has 0 saturated carbocycles. The fourth-order valence-electron chi connectivity index (χ4n) is 5.10. The highest BCUT2D eigenvalue weighted by atomic mass is 16.6. The molecule has 0 aromatic heterocycles. The van der Waals surface area contributed by atoms with Crippen LogP contribution in [0.15, 0.2) is 53.5 Å². The third-order valence-electron chi connectivity index (χ3n) is 7.76. The fourth-order valence-corrected chi connectivity index (χ4v) is 5.10. The summed E-state index contributed by atoms with van der Waals surface area (Å²) in [6, 6.07) is 16.9. The molecule has 0 N–H and O–H groups in total. The summed E-state index contributed by atoms with van der Waals surface area (Å²) in [5.74, 6) is 1.85. The number of hydrogen-bond acceptors (Lipinski definition) is 5. The highest BCUT2D eigenvalue weighted by Crippen LogP contribution is 2.33. The van der Waals surface area contributed by atoms with Gasteiger partial charge in [-0.1, -0.05) is 77.6 Å². The van der Waals surface area contributed by atoms with Gasteiger partial charge in [0.1, 0.15) is 11.9 Å². The lowest BCUT2D eigenvalue weighted by Crippen LogP contribution is -2.27. The van der Waals surface area contributed by atoms with Crippen LogP contribution >= 0.6 is 0 Å². The molecule has 2 aromatic rings. The molecule has 1 fully saturated rings. The molecule has 1 unspecified atom stereocenters. The Labute approximate surface area is 237 Å². The number of hydrogen-bond donors (Lipinski definition) is 0. The molecule has 1 saturated heterocycles. The molecule has 0 radical (unpaired) electrons. The molecule has 0 bridgehead atoms. The summed E-state index contributed by atoms with van der Waals surface area (Å²) >= 11 is 0.